The molecule has 1 aliphatic heterocycles. The van der Waals surface area contributed by atoms with Crippen LogP contribution in [-0.4, -0.2) is 35.3 Å². The number of methoxy groups -OCH3 is 1. The summed E-state index contributed by atoms with van der Waals surface area (Å²) in [5, 5.41) is 16.1. The third-order valence-corrected chi connectivity index (χ3v) is 6.71. The van der Waals surface area contributed by atoms with Crippen LogP contribution in [-0.2, 0) is 4.79 Å². The predicted octanol–water partition coefficient (Wildman–Crippen LogP) is 5.24. The molecule has 0 saturated heterocycles. The highest BCUT2D eigenvalue weighted by atomic mass is 32.1. The Bertz CT molecular complexity index is 1230. The molecule has 2 amide bonds. The molecule has 0 unspecified atom stereocenters. The van der Waals surface area contributed by atoms with Gasteiger partial charge in [0.1, 0.15) is 5.75 Å². The summed E-state index contributed by atoms with van der Waals surface area (Å²) in [6, 6.07) is 14.5. The number of hydrogen-bond acceptors (Lipinski definition) is 6. The maximum atomic E-state index is 13.9. The number of rotatable bonds is 7. The summed E-state index contributed by atoms with van der Waals surface area (Å²) >= 11 is 1.49. The quantitative estimate of drug-likeness (QED) is 0.369. The first-order valence-corrected chi connectivity index (χ1v) is 11.8. The van der Waals surface area contributed by atoms with E-state index >= 15 is 0 Å². The van der Waals surface area contributed by atoms with Crippen LogP contribution in [0.3, 0.4) is 0 Å². The van der Waals surface area contributed by atoms with E-state index < -0.39 is 16.9 Å². The molecule has 34 heavy (non-hydrogen) atoms. The van der Waals surface area contributed by atoms with Crippen LogP contribution < -0.4 is 10.1 Å². The SMILES string of the molecule is COc1ccc([N+](=O)[O-])cc1NC(=O)[C@@H]1c2ccccc2C(=O)N(CC(C)C)[C@@H]1c1cccs1. The first-order valence-electron chi connectivity index (χ1n) is 10.9. The van der Waals surface area contributed by atoms with Gasteiger partial charge in [0.05, 0.1) is 29.7 Å². The lowest BCUT2D eigenvalue weighted by Gasteiger charge is -2.42. The number of ether oxygens (including phenoxy) is 1. The number of non-ortho nitro benzene ring substituents is 1. The predicted molar refractivity (Wildman–Crippen MR) is 130 cm³/mol. The second-order valence-electron chi connectivity index (χ2n) is 8.51. The molecular weight excluding hydrogens is 454 g/mol. The Labute approximate surface area is 201 Å². The van der Waals surface area contributed by atoms with Crippen molar-refractivity contribution in [2.75, 3.05) is 19.0 Å². The minimum Gasteiger partial charge on any atom is -0.495 e. The van der Waals surface area contributed by atoms with Gasteiger partial charge in [0.25, 0.3) is 11.6 Å². The molecule has 2 aromatic carbocycles. The smallest absolute Gasteiger partial charge is 0.271 e. The standard InChI is InChI=1S/C25H25N3O5S/c1-15(2)14-27-23(21-9-6-12-34-21)22(17-7-4-5-8-18(17)25(27)30)24(29)26-19-13-16(28(31)32)10-11-20(19)33-3/h4-13,15,22-23H,14H2,1-3H3,(H,26,29)/t22-,23-/m1/s1. The van der Waals surface area contributed by atoms with Gasteiger partial charge in [-0.1, -0.05) is 38.1 Å². The Hall–Kier alpha value is -3.72. The van der Waals surface area contributed by atoms with Crippen LogP contribution in [0.15, 0.2) is 60.0 Å². The minimum atomic E-state index is -0.713. The fraction of sp³-hybridized carbons (Fsp3) is 0.280. The largest absolute Gasteiger partial charge is 0.495 e. The van der Waals surface area contributed by atoms with Gasteiger partial charge in [-0.05, 0) is 35.1 Å². The lowest BCUT2D eigenvalue weighted by Crippen LogP contribution is -2.47. The van der Waals surface area contributed by atoms with Gasteiger partial charge in [-0.15, -0.1) is 11.3 Å². The van der Waals surface area contributed by atoms with Crippen LogP contribution >= 0.6 is 11.3 Å². The van der Waals surface area contributed by atoms with Crippen molar-refractivity contribution >= 4 is 34.5 Å². The van der Waals surface area contributed by atoms with Crippen molar-refractivity contribution in [1.82, 2.24) is 4.90 Å². The minimum absolute atomic E-state index is 0.111. The van der Waals surface area contributed by atoms with Crippen molar-refractivity contribution in [3.63, 3.8) is 0 Å². The van der Waals surface area contributed by atoms with Crippen LogP contribution in [0.4, 0.5) is 11.4 Å². The second kappa shape index (κ2) is 9.64. The number of fused-ring (bicyclic) bond motifs is 1. The van der Waals surface area contributed by atoms with E-state index in [0.717, 1.165) is 4.88 Å². The molecule has 0 saturated carbocycles. The molecule has 3 aromatic rings. The third-order valence-electron chi connectivity index (χ3n) is 5.77. The van der Waals surface area contributed by atoms with Crippen LogP contribution in [0.5, 0.6) is 5.75 Å². The number of nitro groups is 1. The highest BCUT2D eigenvalue weighted by Gasteiger charge is 2.44. The number of nitrogens with zero attached hydrogens (tertiary/aromatic N) is 2. The number of amides is 2. The summed E-state index contributed by atoms with van der Waals surface area (Å²) in [4.78, 5) is 40.8. The topological polar surface area (TPSA) is 102 Å². The summed E-state index contributed by atoms with van der Waals surface area (Å²) in [6.45, 7) is 4.55. The normalized spacial score (nSPS) is 17.4. The average molecular weight is 480 g/mol. The van der Waals surface area contributed by atoms with Gasteiger partial charge in [0.15, 0.2) is 0 Å². The summed E-state index contributed by atoms with van der Waals surface area (Å²) < 4.78 is 5.33. The number of hydrogen-bond donors (Lipinski definition) is 1. The van der Waals surface area contributed by atoms with Gasteiger partial charge in [-0.2, -0.15) is 0 Å². The van der Waals surface area contributed by atoms with Crippen molar-refractivity contribution in [1.29, 1.82) is 0 Å². The average Bonchev–Trinajstić information content (AvgIpc) is 3.34. The van der Waals surface area contributed by atoms with E-state index in [4.69, 9.17) is 4.74 Å². The first-order chi connectivity index (χ1) is 16.3. The summed E-state index contributed by atoms with van der Waals surface area (Å²) in [6.07, 6.45) is 0. The van der Waals surface area contributed by atoms with Crippen LogP contribution in [0, 0.1) is 16.0 Å². The zero-order chi connectivity index (χ0) is 24.4. The summed E-state index contributed by atoms with van der Waals surface area (Å²) in [5.74, 6) is -0.691. The highest BCUT2D eigenvalue weighted by Crippen LogP contribution is 2.45. The number of carbonyl (C=O) groups excluding carboxylic acids is 2. The van der Waals surface area contributed by atoms with Crippen molar-refractivity contribution < 1.29 is 19.2 Å². The Kier molecular flexibility index (Phi) is 6.65. The van der Waals surface area contributed by atoms with Gasteiger partial charge in [-0.25, -0.2) is 0 Å². The summed E-state index contributed by atoms with van der Waals surface area (Å²) in [7, 11) is 1.43. The fourth-order valence-corrected chi connectivity index (χ4v) is 5.24. The zero-order valence-corrected chi connectivity index (χ0v) is 19.9. The van der Waals surface area contributed by atoms with E-state index in [1.54, 1.807) is 23.1 Å². The van der Waals surface area contributed by atoms with Crippen molar-refractivity contribution in [3.05, 3.63) is 86.1 Å². The fourth-order valence-electron chi connectivity index (χ4n) is 4.36. The molecule has 0 fully saturated rings. The molecule has 0 aliphatic carbocycles. The van der Waals surface area contributed by atoms with E-state index in [-0.39, 0.29) is 29.1 Å². The van der Waals surface area contributed by atoms with Crippen LogP contribution in [0.25, 0.3) is 0 Å². The van der Waals surface area contributed by atoms with Crippen molar-refractivity contribution in [2.45, 2.75) is 25.8 Å². The number of nitro benzene ring substituents is 1. The van der Waals surface area contributed by atoms with E-state index in [2.05, 4.69) is 5.32 Å². The van der Waals surface area contributed by atoms with Gasteiger partial charge in [-0.3, -0.25) is 19.7 Å². The maximum Gasteiger partial charge on any atom is 0.271 e. The molecule has 4 rings (SSSR count). The van der Waals surface area contributed by atoms with E-state index in [0.29, 0.717) is 23.4 Å². The molecule has 1 aromatic heterocycles. The number of anilines is 1. The Morgan fingerprint density at radius 2 is 1.97 bits per heavy atom. The number of nitrogens with one attached hydrogen (secondary N) is 1. The van der Waals surface area contributed by atoms with Gasteiger partial charge >= 0.3 is 0 Å². The van der Waals surface area contributed by atoms with E-state index in [1.165, 1.54) is 36.6 Å². The molecule has 2 atom stereocenters. The lowest BCUT2D eigenvalue weighted by atomic mass is 9.81. The third kappa shape index (κ3) is 4.38. The number of carbonyl (C=O) groups is 2. The Morgan fingerprint density at radius 1 is 1.21 bits per heavy atom. The Morgan fingerprint density at radius 3 is 2.62 bits per heavy atom. The van der Waals surface area contributed by atoms with Crippen LogP contribution in [0.2, 0.25) is 0 Å². The van der Waals surface area contributed by atoms with Crippen molar-refractivity contribution in [2.24, 2.45) is 5.92 Å². The van der Waals surface area contributed by atoms with E-state index in [9.17, 15) is 19.7 Å². The first kappa shape index (κ1) is 23.4. The Balaban J connectivity index is 1.83. The van der Waals surface area contributed by atoms with Gasteiger partial charge in [0, 0.05) is 29.1 Å². The lowest BCUT2D eigenvalue weighted by molar-refractivity contribution is -0.384. The van der Waals surface area contributed by atoms with Crippen molar-refractivity contribution in [3.8, 4) is 5.75 Å². The second-order valence-corrected chi connectivity index (χ2v) is 9.49. The zero-order valence-electron chi connectivity index (χ0n) is 19.1. The van der Waals surface area contributed by atoms with E-state index in [1.807, 2.05) is 37.4 Å². The monoisotopic (exact) mass is 479 g/mol. The molecule has 0 bridgehead atoms. The molecule has 8 nitrogen and oxygen atoms in total. The molecule has 1 aliphatic rings. The number of thiophene rings is 1. The maximum absolute atomic E-state index is 13.9. The summed E-state index contributed by atoms with van der Waals surface area (Å²) in [5.41, 5.74) is 1.16. The van der Waals surface area contributed by atoms with Gasteiger partial charge in [0.2, 0.25) is 5.91 Å². The molecule has 1 N–H and O–H groups in total. The molecule has 176 valence electrons. The van der Waals surface area contributed by atoms with Gasteiger partial charge < -0.3 is 15.0 Å². The molecule has 0 spiro atoms. The molecule has 2 heterocycles. The molecule has 0 radical (unpaired) electrons. The molecule has 9 heteroatoms. The molecular formula is C25H25N3O5S. The van der Waals surface area contributed by atoms with Crippen LogP contribution in [0.1, 0.15) is 46.6 Å². The highest BCUT2D eigenvalue weighted by molar-refractivity contribution is 7.10. The number of benzene rings is 2.